The number of methoxy groups -OCH3 is 1. The fraction of sp³-hybridized carbons (Fsp3) is 0.333. The number of nitrogens with one attached hydrogen (secondary N) is 2. The van der Waals surface area contributed by atoms with E-state index in [1.54, 1.807) is 13.3 Å². The predicted molar refractivity (Wildman–Crippen MR) is 136 cm³/mol. The van der Waals surface area contributed by atoms with Crippen LogP contribution in [0.4, 0.5) is 14.5 Å². The minimum absolute atomic E-state index is 0.0801. The van der Waals surface area contributed by atoms with Crippen LogP contribution in [-0.4, -0.2) is 71.7 Å². The van der Waals surface area contributed by atoms with Gasteiger partial charge in [0.05, 0.1) is 54.8 Å². The number of rotatable bonds is 6. The Hall–Kier alpha value is -3.60. The lowest BCUT2D eigenvalue weighted by Crippen LogP contribution is -2.59. The van der Waals surface area contributed by atoms with Crippen molar-refractivity contribution in [3.63, 3.8) is 0 Å². The molecule has 0 aliphatic carbocycles. The molecular formula is C27H27F2N5O3. The number of piperidine rings is 1. The number of hydrogen-bond acceptors (Lipinski definition) is 7. The fourth-order valence-electron chi connectivity index (χ4n) is 5.08. The minimum atomic E-state index is -0.666. The summed E-state index contributed by atoms with van der Waals surface area (Å²) in [6.45, 7) is 2.18. The van der Waals surface area contributed by atoms with Crippen LogP contribution in [0.25, 0.3) is 33.5 Å². The number of β-amino-alcohol motifs (C(OH)–C–C–N with tert-alkyl or cyclic N) is 1. The van der Waals surface area contributed by atoms with Crippen LogP contribution in [0.5, 0.6) is 5.75 Å². The number of H-pyrrole nitrogens is 1. The zero-order valence-electron chi connectivity index (χ0n) is 20.2. The molecule has 10 heteroatoms. The van der Waals surface area contributed by atoms with Gasteiger partial charge in [-0.15, -0.1) is 0 Å². The van der Waals surface area contributed by atoms with Gasteiger partial charge >= 0.3 is 0 Å². The number of hydrogen-bond donors (Lipinski definition) is 3. The van der Waals surface area contributed by atoms with Crippen molar-refractivity contribution < 1.29 is 23.4 Å². The van der Waals surface area contributed by atoms with E-state index in [0.717, 1.165) is 23.2 Å². The Morgan fingerprint density at radius 2 is 1.95 bits per heavy atom. The largest absolute Gasteiger partial charge is 0.497 e. The van der Waals surface area contributed by atoms with Crippen LogP contribution in [0.2, 0.25) is 0 Å². The number of ether oxygens (including phenoxy) is 2. The molecule has 2 saturated heterocycles. The number of aromatic nitrogens is 3. The summed E-state index contributed by atoms with van der Waals surface area (Å²) >= 11 is 0. The number of imidazole rings is 1. The molecule has 2 aromatic heterocycles. The summed E-state index contributed by atoms with van der Waals surface area (Å²) in [6, 6.07) is 9.06. The molecule has 4 heterocycles. The second kappa shape index (κ2) is 9.70. The molecule has 192 valence electrons. The van der Waals surface area contributed by atoms with Crippen molar-refractivity contribution in [3.05, 3.63) is 60.4 Å². The van der Waals surface area contributed by atoms with Gasteiger partial charge in [0.25, 0.3) is 0 Å². The van der Waals surface area contributed by atoms with Crippen molar-refractivity contribution in [2.75, 3.05) is 38.3 Å². The minimum Gasteiger partial charge on any atom is -0.497 e. The van der Waals surface area contributed by atoms with Gasteiger partial charge in [0, 0.05) is 48.7 Å². The van der Waals surface area contributed by atoms with E-state index in [9.17, 15) is 13.9 Å². The predicted octanol–water partition coefficient (Wildman–Crippen LogP) is 3.51. The first kappa shape index (κ1) is 23.8. The second-order valence-electron chi connectivity index (χ2n) is 9.49. The maximum absolute atomic E-state index is 15.0. The summed E-state index contributed by atoms with van der Waals surface area (Å²) in [4.78, 5) is 14.4. The van der Waals surface area contributed by atoms with Crippen LogP contribution in [-0.2, 0) is 4.74 Å². The van der Waals surface area contributed by atoms with Gasteiger partial charge in [-0.3, -0.25) is 4.98 Å². The molecule has 2 aliphatic rings. The van der Waals surface area contributed by atoms with Gasteiger partial charge in [0.1, 0.15) is 23.2 Å². The highest BCUT2D eigenvalue weighted by Gasteiger charge is 2.33. The van der Waals surface area contributed by atoms with E-state index in [0.29, 0.717) is 61.1 Å². The monoisotopic (exact) mass is 507 g/mol. The number of aliphatic hydroxyl groups is 1. The Labute approximate surface area is 212 Å². The average Bonchev–Trinajstić information content (AvgIpc) is 3.31. The van der Waals surface area contributed by atoms with Crippen molar-refractivity contribution in [1.82, 2.24) is 20.3 Å². The first-order valence-electron chi connectivity index (χ1n) is 12.2. The molecule has 0 saturated carbocycles. The molecule has 2 atom stereocenters. The third-order valence-electron chi connectivity index (χ3n) is 7.07. The van der Waals surface area contributed by atoms with Gasteiger partial charge in [-0.25, -0.2) is 13.8 Å². The number of aliphatic hydroxyl groups excluding tert-OH is 1. The zero-order valence-corrected chi connectivity index (χ0v) is 20.2. The molecule has 37 heavy (non-hydrogen) atoms. The number of pyridine rings is 1. The van der Waals surface area contributed by atoms with Crippen LogP contribution < -0.4 is 15.0 Å². The quantitative estimate of drug-likeness (QED) is 0.368. The maximum Gasteiger partial charge on any atom is 0.142 e. The van der Waals surface area contributed by atoms with Gasteiger partial charge in [0.2, 0.25) is 0 Å². The van der Waals surface area contributed by atoms with Crippen LogP contribution in [0, 0.1) is 11.6 Å². The molecule has 4 aromatic rings. The van der Waals surface area contributed by atoms with Crippen molar-refractivity contribution in [1.29, 1.82) is 0 Å². The van der Waals surface area contributed by atoms with E-state index in [2.05, 4.69) is 15.3 Å². The zero-order chi connectivity index (χ0) is 25.5. The Balaban J connectivity index is 1.44. The van der Waals surface area contributed by atoms with Crippen molar-refractivity contribution >= 4 is 16.7 Å². The van der Waals surface area contributed by atoms with Gasteiger partial charge in [-0.2, -0.15) is 0 Å². The number of benzene rings is 2. The summed E-state index contributed by atoms with van der Waals surface area (Å²) in [6.07, 6.45) is 3.19. The van der Waals surface area contributed by atoms with E-state index < -0.39 is 17.7 Å². The molecule has 2 aliphatic heterocycles. The lowest BCUT2D eigenvalue weighted by molar-refractivity contribution is -0.0214. The van der Waals surface area contributed by atoms with Gasteiger partial charge in [-0.05, 0) is 36.8 Å². The Morgan fingerprint density at radius 3 is 2.70 bits per heavy atom. The van der Waals surface area contributed by atoms with E-state index in [1.807, 2.05) is 23.1 Å². The summed E-state index contributed by atoms with van der Waals surface area (Å²) in [5.74, 6) is 0.115. The molecule has 2 fully saturated rings. The van der Waals surface area contributed by atoms with E-state index in [1.165, 1.54) is 12.3 Å². The number of halogens is 2. The first-order chi connectivity index (χ1) is 18.0. The van der Waals surface area contributed by atoms with Crippen LogP contribution in [0.1, 0.15) is 6.42 Å². The van der Waals surface area contributed by atoms with Gasteiger partial charge in [0.15, 0.2) is 0 Å². The van der Waals surface area contributed by atoms with E-state index >= 15 is 0 Å². The van der Waals surface area contributed by atoms with Crippen LogP contribution in [0.3, 0.4) is 0 Å². The summed E-state index contributed by atoms with van der Waals surface area (Å²) < 4.78 is 39.8. The highest BCUT2D eigenvalue weighted by molar-refractivity contribution is 5.91. The number of aromatic amines is 1. The summed E-state index contributed by atoms with van der Waals surface area (Å²) in [5, 5.41) is 14.5. The number of nitrogens with zero attached hydrogens (tertiary/aromatic N) is 3. The Kier molecular flexibility index (Phi) is 6.23. The van der Waals surface area contributed by atoms with Crippen molar-refractivity contribution in [2.24, 2.45) is 0 Å². The van der Waals surface area contributed by atoms with Gasteiger partial charge in [-0.1, -0.05) is 0 Å². The molecule has 0 radical (unpaired) electrons. The van der Waals surface area contributed by atoms with E-state index in [4.69, 9.17) is 14.5 Å². The molecule has 2 aromatic carbocycles. The number of anilines is 1. The second-order valence-corrected chi connectivity index (χ2v) is 9.49. The highest BCUT2D eigenvalue weighted by Crippen LogP contribution is 2.41. The number of fused-ring (bicyclic) bond motifs is 1. The molecule has 6 rings (SSSR count). The lowest BCUT2D eigenvalue weighted by atomic mass is 9.96. The summed E-state index contributed by atoms with van der Waals surface area (Å²) in [5.41, 5.74) is 3.29. The van der Waals surface area contributed by atoms with Gasteiger partial charge < -0.3 is 29.8 Å². The summed E-state index contributed by atoms with van der Waals surface area (Å²) in [7, 11) is 1.60. The normalized spacial score (nSPS) is 20.3. The molecule has 8 nitrogen and oxygen atoms in total. The third kappa shape index (κ3) is 4.52. The molecule has 0 spiro atoms. The van der Waals surface area contributed by atoms with Crippen LogP contribution >= 0.6 is 0 Å². The fourth-order valence-corrected chi connectivity index (χ4v) is 5.08. The maximum atomic E-state index is 15.0. The van der Waals surface area contributed by atoms with Crippen molar-refractivity contribution in [2.45, 2.75) is 24.6 Å². The standard InChI is InChI=1S/C27H27F2N5O3/c1-36-17-3-5-22-24(9-17)33-27(32-22)20-11-30-10-19(18-8-15(28)2-4-21(18)29)26(20)34-7-6-23(25(35)12-34)31-16-13-37-14-16/h2-5,8-11,16,23,25,31,35H,6-7,12-14H2,1H3,(H,32,33)/t23-,25+/m1/s1. The third-order valence-corrected chi connectivity index (χ3v) is 7.07. The first-order valence-corrected chi connectivity index (χ1v) is 12.2. The highest BCUT2D eigenvalue weighted by atomic mass is 19.1. The van der Waals surface area contributed by atoms with E-state index in [-0.39, 0.29) is 17.6 Å². The van der Waals surface area contributed by atoms with Crippen LogP contribution in [0.15, 0.2) is 48.8 Å². The smallest absolute Gasteiger partial charge is 0.142 e. The topological polar surface area (TPSA) is 95.5 Å². The SMILES string of the molecule is COc1ccc2nc(-c3cncc(-c4cc(F)ccc4F)c3N3CC[C@@H](NC4COC4)[C@@H](O)C3)[nH]c2c1. The Morgan fingerprint density at radius 1 is 1.11 bits per heavy atom. The lowest BCUT2D eigenvalue weighted by Gasteiger charge is -2.41. The molecule has 0 bridgehead atoms. The Bertz CT molecular complexity index is 1440. The van der Waals surface area contributed by atoms with Crippen molar-refractivity contribution in [3.8, 4) is 28.3 Å². The molecular weight excluding hydrogens is 480 g/mol. The average molecular weight is 508 g/mol. The molecule has 0 amide bonds. The molecule has 0 unspecified atom stereocenters. The molecule has 3 N–H and O–H groups in total.